The summed E-state index contributed by atoms with van der Waals surface area (Å²) < 4.78 is 7.78. The van der Waals surface area contributed by atoms with Gasteiger partial charge in [-0.2, -0.15) is 5.10 Å². The van der Waals surface area contributed by atoms with E-state index in [-0.39, 0.29) is 11.5 Å². The molecule has 156 valence electrons. The van der Waals surface area contributed by atoms with Crippen LogP contribution in [0.1, 0.15) is 36.2 Å². The van der Waals surface area contributed by atoms with Gasteiger partial charge in [0.1, 0.15) is 16.9 Å². The number of benzene rings is 1. The van der Waals surface area contributed by atoms with Crippen LogP contribution in [0.25, 0.3) is 5.65 Å². The van der Waals surface area contributed by atoms with Gasteiger partial charge in [0.25, 0.3) is 5.91 Å². The van der Waals surface area contributed by atoms with Gasteiger partial charge in [-0.1, -0.05) is 0 Å². The molecule has 8 heteroatoms. The topological polar surface area (TPSA) is 83.8 Å². The maximum atomic E-state index is 13.2. The SMILES string of the molecule is CC1(C)Cc2cc(NC(=O)c3cnn4cccnc34)c(N3CCCNCC3)cc2O1. The quantitative estimate of drug-likeness (QED) is 0.695. The summed E-state index contributed by atoms with van der Waals surface area (Å²) in [4.78, 5) is 19.8. The minimum Gasteiger partial charge on any atom is -0.487 e. The van der Waals surface area contributed by atoms with Crippen LogP contribution in [0.4, 0.5) is 11.4 Å². The molecule has 2 aliphatic rings. The van der Waals surface area contributed by atoms with Gasteiger partial charge < -0.3 is 20.3 Å². The summed E-state index contributed by atoms with van der Waals surface area (Å²) in [6, 6.07) is 5.93. The van der Waals surface area contributed by atoms with Crippen LogP contribution in [0.15, 0.2) is 36.8 Å². The van der Waals surface area contributed by atoms with E-state index >= 15 is 0 Å². The predicted molar refractivity (Wildman–Crippen MR) is 115 cm³/mol. The number of nitrogens with one attached hydrogen (secondary N) is 2. The first-order valence-electron chi connectivity index (χ1n) is 10.4. The summed E-state index contributed by atoms with van der Waals surface area (Å²) in [7, 11) is 0. The van der Waals surface area contributed by atoms with Crippen LogP contribution >= 0.6 is 0 Å². The fourth-order valence-electron chi connectivity index (χ4n) is 4.26. The van der Waals surface area contributed by atoms with E-state index in [0.29, 0.717) is 11.2 Å². The molecule has 0 saturated carbocycles. The number of carbonyl (C=O) groups excluding carboxylic acids is 1. The number of nitrogens with zero attached hydrogens (tertiary/aromatic N) is 4. The lowest BCUT2D eigenvalue weighted by Gasteiger charge is -2.26. The molecule has 0 radical (unpaired) electrons. The molecule has 1 saturated heterocycles. The minimum absolute atomic E-state index is 0.212. The maximum absolute atomic E-state index is 13.2. The summed E-state index contributed by atoms with van der Waals surface area (Å²) >= 11 is 0. The molecule has 5 rings (SSSR count). The molecule has 30 heavy (non-hydrogen) atoms. The van der Waals surface area contributed by atoms with Crippen molar-refractivity contribution >= 4 is 22.9 Å². The highest BCUT2D eigenvalue weighted by atomic mass is 16.5. The van der Waals surface area contributed by atoms with E-state index in [2.05, 4.69) is 51.6 Å². The highest BCUT2D eigenvalue weighted by molar-refractivity contribution is 6.09. The van der Waals surface area contributed by atoms with Gasteiger partial charge >= 0.3 is 0 Å². The second-order valence-corrected chi connectivity index (χ2v) is 8.51. The Hall–Kier alpha value is -3.13. The van der Waals surface area contributed by atoms with E-state index in [1.54, 1.807) is 29.2 Å². The van der Waals surface area contributed by atoms with Gasteiger partial charge in [0, 0.05) is 50.1 Å². The van der Waals surface area contributed by atoms with Gasteiger partial charge in [-0.15, -0.1) is 0 Å². The lowest BCUT2D eigenvalue weighted by molar-refractivity contribution is 0.102. The van der Waals surface area contributed by atoms with Crippen molar-refractivity contribution in [2.75, 3.05) is 36.4 Å². The minimum atomic E-state index is -0.241. The summed E-state index contributed by atoms with van der Waals surface area (Å²) in [5.74, 6) is 0.693. The van der Waals surface area contributed by atoms with Gasteiger partial charge in [0.05, 0.1) is 17.6 Å². The summed E-state index contributed by atoms with van der Waals surface area (Å²) in [6.45, 7) is 7.89. The summed E-state index contributed by atoms with van der Waals surface area (Å²) in [5, 5.41) is 10.8. The number of aromatic nitrogens is 3. The number of ether oxygens (including phenoxy) is 1. The number of fused-ring (bicyclic) bond motifs is 2. The van der Waals surface area contributed by atoms with E-state index in [0.717, 1.165) is 61.7 Å². The Bertz CT molecular complexity index is 1100. The zero-order valence-electron chi connectivity index (χ0n) is 17.3. The summed E-state index contributed by atoms with van der Waals surface area (Å²) in [6.07, 6.45) is 6.87. The van der Waals surface area contributed by atoms with Crippen molar-refractivity contribution < 1.29 is 9.53 Å². The van der Waals surface area contributed by atoms with Gasteiger partial charge in [-0.25, -0.2) is 9.50 Å². The van der Waals surface area contributed by atoms with Gasteiger partial charge in [0.15, 0.2) is 5.65 Å². The van der Waals surface area contributed by atoms with Crippen molar-refractivity contribution in [3.8, 4) is 5.75 Å². The number of anilines is 2. The van der Waals surface area contributed by atoms with E-state index < -0.39 is 0 Å². The van der Waals surface area contributed by atoms with Crippen LogP contribution in [-0.4, -0.2) is 52.3 Å². The van der Waals surface area contributed by atoms with Crippen LogP contribution in [0, 0.1) is 0 Å². The monoisotopic (exact) mass is 406 g/mol. The molecule has 0 aliphatic carbocycles. The molecule has 3 aromatic rings. The van der Waals surface area contributed by atoms with Gasteiger partial charge in [-0.3, -0.25) is 4.79 Å². The van der Waals surface area contributed by atoms with Crippen molar-refractivity contribution in [2.24, 2.45) is 0 Å². The number of carbonyl (C=O) groups is 1. The first-order chi connectivity index (χ1) is 14.5. The Labute approximate surface area is 175 Å². The molecule has 4 heterocycles. The van der Waals surface area contributed by atoms with Crippen molar-refractivity contribution in [2.45, 2.75) is 32.3 Å². The first kappa shape index (κ1) is 18.9. The zero-order valence-corrected chi connectivity index (χ0v) is 17.3. The Morgan fingerprint density at radius 1 is 1.27 bits per heavy atom. The lowest BCUT2D eigenvalue weighted by atomic mass is 10.0. The fraction of sp³-hybridized carbons (Fsp3) is 0.409. The number of hydrogen-bond donors (Lipinski definition) is 2. The largest absolute Gasteiger partial charge is 0.487 e. The molecule has 0 atom stereocenters. The van der Waals surface area contributed by atoms with Crippen LogP contribution < -0.4 is 20.3 Å². The van der Waals surface area contributed by atoms with E-state index in [4.69, 9.17) is 4.74 Å². The maximum Gasteiger partial charge on any atom is 0.261 e. The van der Waals surface area contributed by atoms with Crippen LogP contribution in [-0.2, 0) is 6.42 Å². The number of rotatable bonds is 3. The van der Waals surface area contributed by atoms with Gasteiger partial charge in [-0.05, 0) is 38.9 Å². The standard InChI is InChI=1S/C22H26N6O2/c1-22(2)13-15-11-17(18(12-19(15)30-22)27-8-3-5-23-7-10-27)26-21(29)16-14-25-28-9-4-6-24-20(16)28/h4,6,9,11-12,14,23H,3,5,7-8,10,13H2,1-2H3,(H,26,29). The Kier molecular flexibility index (Phi) is 4.58. The zero-order chi connectivity index (χ0) is 20.7. The third kappa shape index (κ3) is 3.47. The lowest BCUT2D eigenvalue weighted by Crippen LogP contribution is -2.29. The average Bonchev–Trinajstić information content (AvgIpc) is 3.15. The van der Waals surface area contributed by atoms with Crippen molar-refractivity contribution in [1.29, 1.82) is 0 Å². The van der Waals surface area contributed by atoms with E-state index in [9.17, 15) is 4.79 Å². The van der Waals surface area contributed by atoms with Crippen molar-refractivity contribution in [1.82, 2.24) is 19.9 Å². The van der Waals surface area contributed by atoms with E-state index in [1.165, 1.54) is 0 Å². The molecular formula is C22H26N6O2. The molecule has 8 nitrogen and oxygen atoms in total. The molecule has 0 unspecified atom stereocenters. The third-order valence-electron chi connectivity index (χ3n) is 5.63. The Morgan fingerprint density at radius 2 is 2.17 bits per heavy atom. The summed E-state index contributed by atoms with van der Waals surface area (Å²) in [5.41, 5.74) is 3.67. The Balaban J connectivity index is 1.52. The molecule has 1 fully saturated rings. The molecule has 2 aliphatic heterocycles. The fourth-order valence-corrected chi connectivity index (χ4v) is 4.26. The Morgan fingerprint density at radius 3 is 3.07 bits per heavy atom. The smallest absolute Gasteiger partial charge is 0.261 e. The molecule has 0 bridgehead atoms. The first-order valence-corrected chi connectivity index (χ1v) is 10.4. The molecular weight excluding hydrogens is 380 g/mol. The molecule has 2 aromatic heterocycles. The van der Waals surface area contributed by atoms with Crippen LogP contribution in [0.2, 0.25) is 0 Å². The third-order valence-corrected chi connectivity index (χ3v) is 5.63. The van der Waals surface area contributed by atoms with Crippen molar-refractivity contribution in [3.63, 3.8) is 0 Å². The van der Waals surface area contributed by atoms with E-state index in [1.807, 2.05) is 0 Å². The molecule has 1 amide bonds. The van der Waals surface area contributed by atoms with Crippen LogP contribution in [0.3, 0.4) is 0 Å². The highest BCUT2D eigenvalue weighted by Gasteiger charge is 2.32. The second-order valence-electron chi connectivity index (χ2n) is 8.51. The predicted octanol–water partition coefficient (Wildman–Crippen LogP) is 2.49. The molecule has 1 aromatic carbocycles. The van der Waals surface area contributed by atoms with Gasteiger partial charge in [0.2, 0.25) is 0 Å². The number of amides is 1. The second kappa shape index (κ2) is 7.28. The highest BCUT2D eigenvalue weighted by Crippen LogP contribution is 2.42. The van der Waals surface area contributed by atoms with Crippen molar-refractivity contribution in [3.05, 3.63) is 47.9 Å². The number of hydrogen-bond acceptors (Lipinski definition) is 6. The average molecular weight is 406 g/mol. The normalized spacial score (nSPS) is 18.0. The molecule has 2 N–H and O–H groups in total. The van der Waals surface area contributed by atoms with Crippen LogP contribution in [0.5, 0.6) is 5.75 Å². The molecule has 0 spiro atoms.